The van der Waals surface area contributed by atoms with Crippen molar-refractivity contribution in [3.05, 3.63) is 23.8 Å². The summed E-state index contributed by atoms with van der Waals surface area (Å²) in [4.78, 5) is 26.0. The van der Waals surface area contributed by atoms with Crippen LogP contribution >= 0.6 is 0 Å². The lowest BCUT2D eigenvalue weighted by molar-refractivity contribution is -0.105. The Balaban J connectivity index is 2.25. The molecule has 1 aliphatic rings. The lowest BCUT2D eigenvalue weighted by Crippen LogP contribution is -2.44. The molecule has 0 saturated carbocycles. The van der Waals surface area contributed by atoms with Crippen LogP contribution in [-0.2, 0) is 4.79 Å². The van der Waals surface area contributed by atoms with E-state index in [0.717, 1.165) is 31.9 Å². The molecular formula is C13H17N3O3. The summed E-state index contributed by atoms with van der Waals surface area (Å²) < 4.78 is 0. The third-order valence-corrected chi connectivity index (χ3v) is 3.32. The SMILES string of the molecule is CN1CCN(c2ccc(NC=O)c(C(=O)O)c2)CC1. The first-order chi connectivity index (χ1) is 9.11. The normalized spacial score (nSPS) is 16.2. The fraction of sp³-hybridized carbons (Fsp3) is 0.385. The highest BCUT2D eigenvalue weighted by atomic mass is 16.4. The molecule has 1 aliphatic heterocycles. The average molecular weight is 263 g/mol. The van der Waals surface area contributed by atoms with Crippen molar-refractivity contribution in [2.24, 2.45) is 0 Å². The van der Waals surface area contributed by atoms with E-state index in [-0.39, 0.29) is 5.56 Å². The van der Waals surface area contributed by atoms with Crippen LogP contribution < -0.4 is 10.2 Å². The summed E-state index contributed by atoms with van der Waals surface area (Å²) in [6.07, 6.45) is 0.483. The number of nitrogens with one attached hydrogen (secondary N) is 1. The van der Waals surface area contributed by atoms with Gasteiger partial charge in [-0.2, -0.15) is 0 Å². The highest BCUT2D eigenvalue weighted by Gasteiger charge is 2.17. The van der Waals surface area contributed by atoms with Crippen LogP contribution in [0.5, 0.6) is 0 Å². The third kappa shape index (κ3) is 3.03. The maximum atomic E-state index is 11.2. The number of piperazine rings is 1. The smallest absolute Gasteiger partial charge is 0.337 e. The Hall–Kier alpha value is -2.08. The van der Waals surface area contributed by atoms with Gasteiger partial charge in [0.15, 0.2) is 0 Å². The molecular weight excluding hydrogens is 246 g/mol. The van der Waals surface area contributed by atoms with E-state index in [1.807, 2.05) is 6.07 Å². The van der Waals surface area contributed by atoms with Crippen LogP contribution in [0.4, 0.5) is 11.4 Å². The summed E-state index contributed by atoms with van der Waals surface area (Å²) in [5, 5.41) is 11.6. The molecule has 6 heteroatoms. The molecule has 1 aromatic carbocycles. The minimum Gasteiger partial charge on any atom is -0.478 e. The molecule has 1 aromatic rings. The number of hydrogen-bond donors (Lipinski definition) is 2. The number of anilines is 2. The van der Waals surface area contributed by atoms with Crippen LogP contribution in [0.1, 0.15) is 10.4 Å². The zero-order valence-corrected chi connectivity index (χ0v) is 10.8. The Morgan fingerprint density at radius 2 is 2.00 bits per heavy atom. The summed E-state index contributed by atoms with van der Waals surface area (Å²) in [6.45, 7) is 3.65. The largest absolute Gasteiger partial charge is 0.478 e. The summed E-state index contributed by atoms with van der Waals surface area (Å²) >= 11 is 0. The Labute approximate surface area is 111 Å². The van der Waals surface area contributed by atoms with Crippen LogP contribution in [0.2, 0.25) is 0 Å². The number of benzene rings is 1. The monoisotopic (exact) mass is 263 g/mol. The van der Waals surface area contributed by atoms with Crippen LogP contribution in [0, 0.1) is 0 Å². The van der Waals surface area contributed by atoms with Gasteiger partial charge >= 0.3 is 5.97 Å². The summed E-state index contributed by atoms with van der Waals surface area (Å²) in [6, 6.07) is 5.08. The molecule has 0 spiro atoms. The number of hydrogen-bond acceptors (Lipinski definition) is 4. The van der Waals surface area contributed by atoms with Gasteiger partial charge in [0, 0.05) is 31.9 Å². The zero-order valence-electron chi connectivity index (χ0n) is 10.8. The number of carbonyl (C=O) groups excluding carboxylic acids is 1. The van der Waals surface area contributed by atoms with Crippen molar-refractivity contribution in [2.75, 3.05) is 43.4 Å². The van der Waals surface area contributed by atoms with Gasteiger partial charge in [-0.15, -0.1) is 0 Å². The van der Waals surface area contributed by atoms with Crippen molar-refractivity contribution in [1.29, 1.82) is 0 Å². The number of nitrogens with zero attached hydrogens (tertiary/aromatic N) is 2. The molecule has 102 valence electrons. The maximum Gasteiger partial charge on any atom is 0.337 e. The highest BCUT2D eigenvalue weighted by Crippen LogP contribution is 2.24. The lowest BCUT2D eigenvalue weighted by atomic mass is 10.1. The molecule has 0 bridgehead atoms. The molecule has 0 atom stereocenters. The van der Waals surface area contributed by atoms with Crippen molar-refractivity contribution in [3.63, 3.8) is 0 Å². The van der Waals surface area contributed by atoms with Crippen molar-refractivity contribution < 1.29 is 14.7 Å². The van der Waals surface area contributed by atoms with E-state index in [4.69, 9.17) is 0 Å². The van der Waals surface area contributed by atoms with Gasteiger partial charge in [-0.3, -0.25) is 4.79 Å². The van der Waals surface area contributed by atoms with Crippen LogP contribution in [0.15, 0.2) is 18.2 Å². The fourth-order valence-corrected chi connectivity index (χ4v) is 2.16. The van der Waals surface area contributed by atoms with Crippen molar-refractivity contribution >= 4 is 23.8 Å². The standard InChI is InChI=1S/C13H17N3O3/c1-15-4-6-16(7-5-15)10-2-3-12(14-9-17)11(8-10)13(18)19/h2-3,8-9H,4-7H2,1H3,(H,14,17)(H,18,19). The van der Waals surface area contributed by atoms with Gasteiger partial charge in [0.2, 0.25) is 6.41 Å². The van der Waals surface area contributed by atoms with Crippen LogP contribution in [-0.4, -0.2) is 55.6 Å². The first-order valence-corrected chi connectivity index (χ1v) is 6.13. The molecule has 6 nitrogen and oxygen atoms in total. The molecule has 0 unspecified atom stereocenters. The van der Waals surface area contributed by atoms with E-state index in [0.29, 0.717) is 12.1 Å². The Morgan fingerprint density at radius 1 is 1.32 bits per heavy atom. The van der Waals surface area contributed by atoms with Gasteiger partial charge in [-0.05, 0) is 25.2 Å². The Bertz CT molecular complexity index is 482. The van der Waals surface area contributed by atoms with E-state index in [2.05, 4.69) is 22.2 Å². The second-order valence-electron chi connectivity index (χ2n) is 4.59. The summed E-state index contributed by atoms with van der Waals surface area (Å²) in [5.41, 5.74) is 1.31. The molecule has 2 rings (SSSR count). The summed E-state index contributed by atoms with van der Waals surface area (Å²) in [7, 11) is 2.07. The van der Waals surface area contributed by atoms with E-state index >= 15 is 0 Å². The number of amides is 1. The number of carbonyl (C=O) groups is 2. The van der Waals surface area contributed by atoms with Gasteiger partial charge < -0.3 is 20.2 Å². The van der Waals surface area contributed by atoms with Gasteiger partial charge in [0.1, 0.15) is 0 Å². The predicted octanol–water partition coefficient (Wildman–Crippen LogP) is 0.705. The van der Waals surface area contributed by atoms with Crippen LogP contribution in [0.3, 0.4) is 0 Å². The third-order valence-electron chi connectivity index (χ3n) is 3.32. The second kappa shape index (κ2) is 5.71. The number of aromatic carboxylic acids is 1. The van der Waals surface area contributed by atoms with Crippen molar-refractivity contribution in [1.82, 2.24) is 4.90 Å². The first-order valence-electron chi connectivity index (χ1n) is 6.13. The van der Waals surface area contributed by atoms with Gasteiger partial charge in [-0.25, -0.2) is 4.79 Å². The molecule has 19 heavy (non-hydrogen) atoms. The minimum absolute atomic E-state index is 0.114. The Kier molecular flexibility index (Phi) is 4.01. The lowest BCUT2D eigenvalue weighted by Gasteiger charge is -2.34. The molecule has 1 heterocycles. The Morgan fingerprint density at radius 3 is 2.58 bits per heavy atom. The number of carboxylic acids is 1. The summed E-state index contributed by atoms with van der Waals surface area (Å²) in [5.74, 6) is -1.04. The van der Waals surface area contributed by atoms with Crippen molar-refractivity contribution in [2.45, 2.75) is 0 Å². The molecule has 1 saturated heterocycles. The topological polar surface area (TPSA) is 72.9 Å². The van der Waals surface area contributed by atoms with E-state index in [1.165, 1.54) is 0 Å². The van der Waals surface area contributed by atoms with Gasteiger partial charge in [0.05, 0.1) is 11.3 Å². The number of likely N-dealkylation sites (N-methyl/N-ethyl adjacent to an activating group) is 1. The van der Waals surface area contributed by atoms with Gasteiger partial charge in [0.25, 0.3) is 0 Å². The maximum absolute atomic E-state index is 11.2. The molecule has 1 amide bonds. The fourth-order valence-electron chi connectivity index (χ4n) is 2.16. The average Bonchev–Trinajstić information content (AvgIpc) is 2.40. The zero-order chi connectivity index (χ0) is 13.8. The molecule has 2 N–H and O–H groups in total. The molecule has 0 radical (unpaired) electrons. The van der Waals surface area contributed by atoms with E-state index < -0.39 is 5.97 Å². The molecule has 0 aliphatic carbocycles. The molecule has 0 aromatic heterocycles. The van der Waals surface area contributed by atoms with Gasteiger partial charge in [-0.1, -0.05) is 0 Å². The van der Waals surface area contributed by atoms with E-state index in [9.17, 15) is 14.7 Å². The van der Waals surface area contributed by atoms with Crippen molar-refractivity contribution in [3.8, 4) is 0 Å². The minimum atomic E-state index is -1.04. The first kappa shape index (κ1) is 13.4. The van der Waals surface area contributed by atoms with E-state index in [1.54, 1.807) is 12.1 Å². The quantitative estimate of drug-likeness (QED) is 0.783. The second-order valence-corrected chi connectivity index (χ2v) is 4.59. The number of carboxylic acid groups (broad SMARTS) is 1. The molecule has 1 fully saturated rings. The predicted molar refractivity (Wildman–Crippen MR) is 72.8 cm³/mol. The number of rotatable bonds is 4. The van der Waals surface area contributed by atoms with Crippen LogP contribution in [0.25, 0.3) is 0 Å². The highest BCUT2D eigenvalue weighted by molar-refractivity contribution is 5.97.